The molecule has 21 heavy (non-hydrogen) atoms. The van der Waals surface area contributed by atoms with Gasteiger partial charge in [0.1, 0.15) is 11.1 Å². The number of pyridine rings is 1. The molecule has 0 aliphatic rings. The van der Waals surface area contributed by atoms with E-state index >= 15 is 0 Å². The highest BCUT2D eigenvalue weighted by Crippen LogP contribution is 2.21. The molecule has 0 aliphatic heterocycles. The molecule has 0 amide bonds. The molecule has 7 heteroatoms. The highest BCUT2D eigenvalue weighted by molar-refractivity contribution is 7.09. The molecular formula is C14H15N3O3S. The summed E-state index contributed by atoms with van der Waals surface area (Å²) in [7, 11) is 0. The van der Waals surface area contributed by atoms with E-state index in [1.54, 1.807) is 18.3 Å². The van der Waals surface area contributed by atoms with E-state index < -0.39 is 5.76 Å². The summed E-state index contributed by atoms with van der Waals surface area (Å²) in [6.45, 7) is 4.91. The zero-order valence-corrected chi connectivity index (χ0v) is 12.6. The fourth-order valence-corrected chi connectivity index (χ4v) is 2.92. The summed E-state index contributed by atoms with van der Waals surface area (Å²) in [6, 6.07) is 3.46. The molecule has 3 aromatic heterocycles. The number of thiazole rings is 1. The van der Waals surface area contributed by atoms with E-state index in [9.17, 15) is 4.79 Å². The minimum Gasteiger partial charge on any atom is -0.406 e. The second kappa shape index (κ2) is 5.79. The van der Waals surface area contributed by atoms with Gasteiger partial charge in [0.25, 0.3) is 0 Å². The summed E-state index contributed by atoms with van der Waals surface area (Å²) in [6.07, 6.45) is 1.60. The maximum Gasteiger partial charge on any atom is 0.421 e. The smallest absolute Gasteiger partial charge is 0.406 e. The number of rotatable bonds is 5. The summed E-state index contributed by atoms with van der Waals surface area (Å²) >= 11 is 1.53. The Morgan fingerprint density at radius 1 is 1.52 bits per heavy atom. The first kappa shape index (κ1) is 14.0. The minimum atomic E-state index is -0.420. The SMILES string of the molecule is CCO[C@H](C)c1nc(Cn2c(=O)oc3cccnc32)cs1. The van der Waals surface area contributed by atoms with Crippen LogP contribution in [0.4, 0.5) is 0 Å². The van der Waals surface area contributed by atoms with Crippen molar-refractivity contribution in [2.45, 2.75) is 26.5 Å². The summed E-state index contributed by atoms with van der Waals surface area (Å²) < 4.78 is 12.2. The monoisotopic (exact) mass is 305 g/mol. The van der Waals surface area contributed by atoms with E-state index in [-0.39, 0.29) is 6.10 Å². The second-order valence-electron chi connectivity index (χ2n) is 4.55. The Kier molecular flexibility index (Phi) is 3.85. The lowest BCUT2D eigenvalue weighted by molar-refractivity contribution is 0.0761. The van der Waals surface area contributed by atoms with Crippen molar-refractivity contribution in [1.82, 2.24) is 14.5 Å². The normalized spacial score (nSPS) is 12.9. The second-order valence-corrected chi connectivity index (χ2v) is 5.44. The van der Waals surface area contributed by atoms with Gasteiger partial charge in [-0.3, -0.25) is 4.57 Å². The molecule has 3 aromatic rings. The number of hydrogen-bond donors (Lipinski definition) is 0. The van der Waals surface area contributed by atoms with Crippen LogP contribution in [0, 0.1) is 0 Å². The molecule has 110 valence electrons. The minimum absolute atomic E-state index is 0.0373. The van der Waals surface area contributed by atoms with Gasteiger partial charge in [-0.1, -0.05) is 0 Å². The van der Waals surface area contributed by atoms with E-state index in [0.29, 0.717) is 24.4 Å². The van der Waals surface area contributed by atoms with Crippen LogP contribution < -0.4 is 5.76 Å². The molecule has 1 atom stereocenters. The first-order chi connectivity index (χ1) is 10.2. The third-order valence-corrected chi connectivity index (χ3v) is 4.13. The van der Waals surface area contributed by atoms with Crippen molar-refractivity contribution in [3.8, 4) is 0 Å². The van der Waals surface area contributed by atoms with Crippen LogP contribution in [0.15, 0.2) is 32.9 Å². The van der Waals surface area contributed by atoms with Crippen molar-refractivity contribution in [3.63, 3.8) is 0 Å². The highest BCUT2D eigenvalue weighted by atomic mass is 32.1. The highest BCUT2D eigenvalue weighted by Gasteiger charge is 2.14. The zero-order valence-electron chi connectivity index (χ0n) is 11.8. The van der Waals surface area contributed by atoms with Crippen LogP contribution in [0.3, 0.4) is 0 Å². The fourth-order valence-electron chi connectivity index (χ4n) is 2.10. The van der Waals surface area contributed by atoms with Gasteiger partial charge in [0.2, 0.25) is 0 Å². The van der Waals surface area contributed by atoms with Crippen LogP contribution in [-0.2, 0) is 11.3 Å². The average Bonchev–Trinajstić information content (AvgIpc) is 3.05. The van der Waals surface area contributed by atoms with Crippen LogP contribution in [0.1, 0.15) is 30.7 Å². The van der Waals surface area contributed by atoms with E-state index in [1.807, 2.05) is 19.2 Å². The maximum absolute atomic E-state index is 11.9. The average molecular weight is 305 g/mol. The van der Waals surface area contributed by atoms with Crippen LogP contribution in [0.5, 0.6) is 0 Å². The third-order valence-electron chi connectivity index (χ3n) is 3.08. The molecule has 0 fully saturated rings. The van der Waals surface area contributed by atoms with E-state index in [4.69, 9.17) is 9.15 Å². The molecule has 0 bridgehead atoms. The van der Waals surface area contributed by atoms with Crippen LogP contribution in [0.2, 0.25) is 0 Å². The van der Waals surface area contributed by atoms with Gasteiger partial charge in [-0.15, -0.1) is 11.3 Å². The zero-order chi connectivity index (χ0) is 14.8. The summed E-state index contributed by atoms with van der Waals surface area (Å²) in [4.78, 5) is 20.6. The number of oxazole rings is 1. The molecule has 0 aromatic carbocycles. The molecule has 3 heterocycles. The Morgan fingerprint density at radius 3 is 3.19 bits per heavy atom. The Labute approximate surface area is 125 Å². The quantitative estimate of drug-likeness (QED) is 0.724. The van der Waals surface area contributed by atoms with Crippen molar-refractivity contribution in [2.75, 3.05) is 6.61 Å². The number of nitrogens with zero attached hydrogens (tertiary/aromatic N) is 3. The van der Waals surface area contributed by atoms with Gasteiger partial charge in [-0.25, -0.2) is 14.8 Å². The number of hydrogen-bond acceptors (Lipinski definition) is 6. The van der Waals surface area contributed by atoms with Crippen molar-refractivity contribution >= 4 is 22.6 Å². The molecule has 0 aliphatic carbocycles. The van der Waals surface area contributed by atoms with Crippen LogP contribution in [-0.4, -0.2) is 21.1 Å². The van der Waals surface area contributed by atoms with E-state index in [2.05, 4.69) is 9.97 Å². The number of ether oxygens (including phenoxy) is 1. The molecule has 0 unspecified atom stereocenters. The molecular weight excluding hydrogens is 290 g/mol. The van der Waals surface area contributed by atoms with Gasteiger partial charge in [-0.05, 0) is 26.0 Å². The van der Waals surface area contributed by atoms with E-state index in [1.165, 1.54) is 15.9 Å². The Bertz CT molecular complexity index is 805. The first-order valence-corrected chi connectivity index (χ1v) is 7.57. The van der Waals surface area contributed by atoms with Gasteiger partial charge in [0, 0.05) is 18.2 Å². The number of fused-ring (bicyclic) bond motifs is 1. The predicted molar refractivity (Wildman–Crippen MR) is 79.5 cm³/mol. The van der Waals surface area contributed by atoms with Gasteiger partial charge in [0.15, 0.2) is 11.2 Å². The maximum atomic E-state index is 11.9. The molecule has 0 saturated carbocycles. The summed E-state index contributed by atoms with van der Waals surface area (Å²) in [5, 5.41) is 2.83. The molecule has 6 nitrogen and oxygen atoms in total. The largest absolute Gasteiger partial charge is 0.421 e. The van der Waals surface area contributed by atoms with Crippen LogP contribution in [0.25, 0.3) is 11.2 Å². The molecule has 0 radical (unpaired) electrons. The topological polar surface area (TPSA) is 70.2 Å². The lowest BCUT2D eigenvalue weighted by atomic mass is 10.4. The molecule has 0 spiro atoms. The predicted octanol–water partition coefficient (Wildman–Crippen LogP) is 2.59. The summed E-state index contributed by atoms with van der Waals surface area (Å²) in [5.41, 5.74) is 1.83. The van der Waals surface area contributed by atoms with Crippen molar-refractivity contribution in [3.05, 3.63) is 45.0 Å². The Hall–Kier alpha value is -1.99. The Morgan fingerprint density at radius 2 is 2.38 bits per heavy atom. The van der Waals surface area contributed by atoms with Crippen LogP contribution >= 0.6 is 11.3 Å². The van der Waals surface area contributed by atoms with Crippen molar-refractivity contribution in [1.29, 1.82) is 0 Å². The first-order valence-electron chi connectivity index (χ1n) is 6.69. The molecule has 0 N–H and O–H groups in total. The molecule has 0 saturated heterocycles. The van der Waals surface area contributed by atoms with Crippen molar-refractivity contribution < 1.29 is 9.15 Å². The van der Waals surface area contributed by atoms with Gasteiger partial charge in [0.05, 0.1) is 12.2 Å². The lowest BCUT2D eigenvalue weighted by Crippen LogP contribution is -2.15. The van der Waals surface area contributed by atoms with Gasteiger partial charge in [-0.2, -0.15) is 0 Å². The summed E-state index contributed by atoms with van der Waals surface area (Å²) in [5.74, 6) is -0.420. The standard InChI is InChI=1S/C14H15N3O3S/c1-3-19-9(2)13-16-10(8-21-13)7-17-12-11(20-14(17)18)5-4-6-15-12/h4-6,8-9H,3,7H2,1-2H3/t9-/m1/s1. The third kappa shape index (κ3) is 2.74. The van der Waals surface area contributed by atoms with E-state index in [0.717, 1.165) is 10.7 Å². The molecule has 3 rings (SSSR count). The number of aromatic nitrogens is 3. The fraction of sp³-hybridized carbons (Fsp3) is 0.357. The Balaban J connectivity index is 1.89. The lowest BCUT2D eigenvalue weighted by Gasteiger charge is -2.06. The van der Waals surface area contributed by atoms with Gasteiger partial charge < -0.3 is 9.15 Å². The van der Waals surface area contributed by atoms with Gasteiger partial charge >= 0.3 is 5.76 Å². The van der Waals surface area contributed by atoms with Crippen molar-refractivity contribution in [2.24, 2.45) is 0 Å².